The molecule has 1 unspecified atom stereocenters. The third kappa shape index (κ3) is 3.62. The van der Waals surface area contributed by atoms with Gasteiger partial charge in [-0.3, -0.25) is 4.98 Å². The van der Waals surface area contributed by atoms with Gasteiger partial charge >= 0.3 is 0 Å². The summed E-state index contributed by atoms with van der Waals surface area (Å²) in [5.74, 6) is 0.933. The average molecular weight is 282 g/mol. The van der Waals surface area contributed by atoms with Crippen molar-refractivity contribution in [1.29, 1.82) is 0 Å². The van der Waals surface area contributed by atoms with Crippen LogP contribution in [0.4, 0.5) is 0 Å². The highest BCUT2D eigenvalue weighted by molar-refractivity contribution is 5.81. The Morgan fingerprint density at radius 2 is 2.00 bits per heavy atom. The van der Waals surface area contributed by atoms with E-state index in [9.17, 15) is 0 Å². The third-order valence-corrected chi connectivity index (χ3v) is 4.79. The van der Waals surface area contributed by atoms with Crippen LogP contribution in [0, 0.1) is 5.92 Å². The second kappa shape index (κ2) is 7.04. The van der Waals surface area contributed by atoms with E-state index in [4.69, 9.17) is 0 Å². The van der Waals surface area contributed by atoms with E-state index < -0.39 is 0 Å². The van der Waals surface area contributed by atoms with Gasteiger partial charge in [-0.2, -0.15) is 0 Å². The first-order chi connectivity index (χ1) is 10.4. The zero-order chi connectivity index (χ0) is 14.5. The highest BCUT2D eigenvalue weighted by Crippen LogP contribution is 2.29. The molecular formula is C19H26N2. The molecule has 3 rings (SSSR count). The number of nitrogens with zero attached hydrogens (tertiary/aromatic N) is 1. The molecule has 2 nitrogen and oxygen atoms in total. The van der Waals surface area contributed by atoms with Crippen LogP contribution in [0.25, 0.3) is 10.9 Å². The smallest absolute Gasteiger partial charge is 0.0704 e. The topological polar surface area (TPSA) is 24.9 Å². The van der Waals surface area contributed by atoms with Gasteiger partial charge in [0.1, 0.15) is 0 Å². The predicted octanol–water partition coefficient (Wildman–Crippen LogP) is 4.34. The molecule has 2 aromatic rings. The van der Waals surface area contributed by atoms with E-state index in [1.54, 1.807) is 0 Å². The van der Waals surface area contributed by atoms with Gasteiger partial charge in [-0.25, -0.2) is 0 Å². The zero-order valence-electron chi connectivity index (χ0n) is 13.0. The largest absolute Gasteiger partial charge is 0.314 e. The van der Waals surface area contributed by atoms with Crippen LogP contribution in [0.2, 0.25) is 0 Å². The summed E-state index contributed by atoms with van der Waals surface area (Å²) in [7, 11) is 0. The molecule has 2 heteroatoms. The number of para-hydroxylation sites is 1. The zero-order valence-corrected chi connectivity index (χ0v) is 13.0. The Kier molecular flexibility index (Phi) is 4.87. The van der Waals surface area contributed by atoms with Crippen LogP contribution >= 0.6 is 0 Å². The summed E-state index contributed by atoms with van der Waals surface area (Å²) in [6, 6.07) is 11.3. The summed E-state index contributed by atoms with van der Waals surface area (Å²) in [6.07, 6.45) is 10.1. The highest BCUT2D eigenvalue weighted by Gasteiger charge is 2.20. The Morgan fingerprint density at radius 1 is 1.19 bits per heavy atom. The molecule has 0 saturated heterocycles. The van der Waals surface area contributed by atoms with Crippen molar-refractivity contribution in [1.82, 2.24) is 10.3 Å². The number of rotatable bonds is 6. The lowest BCUT2D eigenvalue weighted by Crippen LogP contribution is -2.32. The van der Waals surface area contributed by atoms with Crippen molar-refractivity contribution in [2.45, 2.75) is 51.5 Å². The Bertz CT molecular complexity index is 567. The van der Waals surface area contributed by atoms with Crippen molar-refractivity contribution < 1.29 is 0 Å². The van der Waals surface area contributed by atoms with Crippen LogP contribution in [0.1, 0.15) is 44.6 Å². The molecular weight excluding hydrogens is 256 g/mol. The third-order valence-electron chi connectivity index (χ3n) is 4.79. The van der Waals surface area contributed by atoms with Crippen LogP contribution < -0.4 is 5.32 Å². The Morgan fingerprint density at radius 3 is 2.81 bits per heavy atom. The minimum absolute atomic E-state index is 0.601. The van der Waals surface area contributed by atoms with Crippen LogP contribution in [0.3, 0.4) is 0 Å². The van der Waals surface area contributed by atoms with Gasteiger partial charge in [-0.1, -0.05) is 50.8 Å². The van der Waals surface area contributed by atoms with E-state index in [0.29, 0.717) is 6.04 Å². The van der Waals surface area contributed by atoms with E-state index in [2.05, 4.69) is 47.6 Å². The minimum atomic E-state index is 0.601. The molecule has 1 fully saturated rings. The van der Waals surface area contributed by atoms with E-state index in [1.165, 1.54) is 43.1 Å². The summed E-state index contributed by atoms with van der Waals surface area (Å²) < 4.78 is 0. The number of pyridine rings is 1. The fourth-order valence-electron chi connectivity index (χ4n) is 3.77. The van der Waals surface area contributed by atoms with Gasteiger partial charge in [0.05, 0.1) is 5.52 Å². The van der Waals surface area contributed by atoms with Crippen molar-refractivity contribution in [3.8, 4) is 0 Å². The Hall–Kier alpha value is -1.41. The molecule has 21 heavy (non-hydrogen) atoms. The van der Waals surface area contributed by atoms with Crippen LogP contribution in [0.5, 0.6) is 0 Å². The van der Waals surface area contributed by atoms with Gasteiger partial charge in [0.25, 0.3) is 0 Å². The van der Waals surface area contributed by atoms with E-state index in [1.807, 2.05) is 6.20 Å². The fourth-order valence-corrected chi connectivity index (χ4v) is 3.77. The standard InChI is InChI=1S/C19H26N2/c1-2-20-17(13-15-7-3-4-8-15)14-16-11-12-21-19-10-6-5-9-18(16)19/h5-6,9-12,15,17,20H,2-4,7-8,13-14H2,1H3. The lowest BCUT2D eigenvalue weighted by molar-refractivity contribution is 0.391. The maximum atomic E-state index is 4.48. The molecule has 1 aliphatic carbocycles. The summed E-state index contributed by atoms with van der Waals surface area (Å²) in [6.45, 7) is 3.27. The summed E-state index contributed by atoms with van der Waals surface area (Å²) in [5, 5.41) is 5.02. The van der Waals surface area contributed by atoms with Gasteiger partial charge < -0.3 is 5.32 Å². The second-order valence-corrected chi connectivity index (χ2v) is 6.33. The first kappa shape index (κ1) is 14.5. The molecule has 1 N–H and O–H groups in total. The molecule has 0 aliphatic heterocycles. The van der Waals surface area contributed by atoms with Crippen molar-refractivity contribution >= 4 is 10.9 Å². The number of hydrogen-bond acceptors (Lipinski definition) is 2. The van der Waals surface area contributed by atoms with Crippen molar-refractivity contribution in [3.63, 3.8) is 0 Å². The molecule has 112 valence electrons. The molecule has 1 aromatic heterocycles. The van der Waals surface area contributed by atoms with Crippen LogP contribution in [0.15, 0.2) is 36.5 Å². The summed E-state index contributed by atoms with van der Waals surface area (Å²) >= 11 is 0. The van der Waals surface area contributed by atoms with Crippen LogP contribution in [-0.2, 0) is 6.42 Å². The molecule has 0 radical (unpaired) electrons. The molecule has 0 amide bonds. The maximum absolute atomic E-state index is 4.48. The maximum Gasteiger partial charge on any atom is 0.0704 e. The lowest BCUT2D eigenvalue weighted by Gasteiger charge is -2.22. The molecule has 1 heterocycles. The summed E-state index contributed by atoms with van der Waals surface area (Å²) in [4.78, 5) is 4.48. The molecule has 1 saturated carbocycles. The van der Waals surface area contributed by atoms with Gasteiger partial charge in [0.2, 0.25) is 0 Å². The van der Waals surface area contributed by atoms with Crippen molar-refractivity contribution in [3.05, 3.63) is 42.1 Å². The SMILES string of the molecule is CCNC(Cc1ccnc2ccccc12)CC1CCCC1. The Labute approximate surface area is 128 Å². The predicted molar refractivity (Wildman–Crippen MR) is 89.5 cm³/mol. The first-order valence-corrected chi connectivity index (χ1v) is 8.43. The first-order valence-electron chi connectivity index (χ1n) is 8.43. The Balaban J connectivity index is 1.76. The normalized spacial score (nSPS) is 17.4. The molecule has 1 aromatic carbocycles. The number of hydrogen-bond donors (Lipinski definition) is 1. The number of likely N-dealkylation sites (N-methyl/N-ethyl adjacent to an activating group) is 1. The molecule has 1 atom stereocenters. The van der Waals surface area contributed by atoms with E-state index in [0.717, 1.165) is 24.4 Å². The quantitative estimate of drug-likeness (QED) is 0.852. The number of fused-ring (bicyclic) bond motifs is 1. The van der Waals surface area contributed by atoms with Crippen LogP contribution in [-0.4, -0.2) is 17.6 Å². The second-order valence-electron chi connectivity index (χ2n) is 6.33. The van der Waals surface area contributed by atoms with Gasteiger partial charge in [-0.05, 0) is 43.0 Å². The summed E-state index contributed by atoms with van der Waals surface area (Å²) in [5.41, 5.74) is 2.55. The highest BCUT2D eigenvalue weighted by atomic mass is 14.9. The number of nitrogens with one attached hydrogen (secondary N) is 1. The van der Waals surface area contributed by atoms with Crippen molar-refractivity contribution in [2.75, 3.05) is 6.54 Å². The van der Waals surface area contributed by atoms with Crippen molar-refractivity contribution in [2.24, 2.45) is 5.92 Å². The van der Waals surface area contributed by atoms with E-state index in [-0.39, 0.29) is 0 Å². The van der Waals surface area contributed by atoms with Gasteiger partial charge in [-0.15, -0.1) is 0 Å². The van der Waals surface area contributed by atoms with Gasteiger partial charge in [0, 0.05) is 17.6 Å². The molecule has 0 bridgehead atoms. The number of aromatic nitrogens is 1. The molecule has 0 spiro atoms. The monoisotopic (exact) mass is 282 g/mol. The van der Waals surface area contributed by atoms with Gasteiger partial charge in [0.15, 0.2) is 0 Å². The fraction of sp³-hybridized carbons (Fsp3) is 0.526. The molecule has 1 aliphatic rings. The minimum Gasteiger partial charge on any atom is -0.314 e. The average Bonchev–Trinajstić information content (AvgIpc) is 3.01. The van der Waals surface area contributed by atoms with E-state index >= 15 is 0 Å². The number of benzene rings is 1. The lowest BCUT2D eigenvalue weighted by atomic mass is 9.93.